The number of ether oxygens (including phenoxy) is 1. The van der Waals surface area contributed by atoms with Crippen LogP contribution in [0.4, 0.5) is 35.1 Å². The van der Waals surface area contributed by atoms with Gasteiger partial charge in [-0.2, -0.15) is 35.1 Å². The summed E-state index contributed by atoms with van der Waals surface area (Å²) in [6, 6.07) is -3.76. The van der Waals surface area contributed by atoms with Gasteiger partial charge in [0.25, 0.3) is 0 Å². The highest BCUT2D eigenvalue weighted by atomic mass is 19.4. The molecule has 1 saturated heterocycles. The maximum Gasteiger partial charge on any atom is 0.429 e. The van der Waals surface area contributed by atoms with Crippen molar-refractivity contribution in [2.24, 2.45) is 0 Å². The van der Waals surface area contributed by atoms with E-state index in [0.29, 0.717) is 0 Å². The number of rotatable bonds is 1. The van der Waals surface area contributed by atoms with Crippen molar-refractivity contribution in [2.45, 2.75) is 23.8 Å². The molecule has 1 heterocycles. The van der Waals surface area contributed by atoms with Crippen molar-refractivity contribution in [2.75, 3.05) is 0 Å². The van der Waals surface area contributed by atoms with E-state index in [2.05, 4.69) is 4.74 Å². The summed E-state index contributed by atoms with van der Waals surface area (Å²) >= 11 is 0. The summed E-state index contributed by atoms with van der Waals surface area (Å²) in [6.07, 6.45) is -5.98. The Morgan fingerprint density at radius 3 is 1.40 bits per heavy atom. The molecule has 1 aliphatic rings. The lowest BCUT2D eigenvalue weighted by Gasteiger charge is -2.22. The van der Waals surface area contributed by atoms with Crippen LogP contribution in [0.15, 0.2) is 0 Å². The number of alkyl halides is 7. The third-order valence-electron chi connectivity index (χ3n) is 1.69. The smallest absolute Gasteiger partial charge is 0.263 e. The highest BCUT2D eigenvalue weighted by Crippen LogP contribution is 2.60. The molecule has 1 unspecified atom stereocenters. The number of hydrogen-bond donors (Lipinski definition) is 0. The molecule has 1 atom stereocenters. The van der Waals surface area contributed by atoms with Crippen molar-refractivity contribution < 1.29 is 44.7 Å². The van der Waals surface area contributed by atoms with E-state index in [4.69, 9.17) is 0 Å². The number of halogens is 8. The SMILES string of the molecule is O=C(F)C1(F)OC(F)(F)C(F)(F)C1(F)F. The number of carbonyl (C=O) groups is 1. The molecule has 2 nitrogen and oxygen atoms in total. The second-order valence-corrected chi connectivity index (χ2v) is 2.64. The molecule has 0 amide bonds. The Balaban J connectivity index is 3.38. The second-order valence-electron chi connectivity index (χ2n) is 2.64. The van der Waals surface area contributed by atoms with Gasteiger partial charge in [-0.15, -0.1) is 0 Å². The number of carbonyl (C=O) groups excluding carboxylic acids is 1. The van der Waals surface area contributed by atoms with Crippen LogP contribution < -0.4 is 0 Å². The Bertz CT molecular complexity index is 312. The number of hydrogen-bond acceptors (Lipinski definition) is 2. The molecular weight excluding hydrogens is 244 g/mol. The van der Waals surface area contributed by atoms with Gasteiger partial charge < -0.3 is 0 Å². The predicted octanol–water partition coefficient (Wildman–Crippen LogP) is 2.04. The zero-order valence-electron chi connectivity index (χ0n) is 6.34. The van der Waals surface area contributed by atoms with Crippen LogP contribution in [0.25, 0.3) is 0 Å². The van der Waals surface area contributed by atoms with E-state index in [1.165, 1.54) is 0 Å². The van der Waals surface area contributed by atoms with Crippen LogP contribution in [-0.4, -0.2) is 29.8 Å². The first-order valence-electron chi connectivity index (χ1n) is 3.12. The van der Waals surface area contributed by atoms with E-state index in [9.17, 15) is 39.9 Å². The molecule has 88 valence electrons. The van der Waals surface area contributed by atoms with E-state index >= 15 is 0 Å². The topological polar surface area (TPSA) is 26.3 Å². The normalized spacial score (nSPS) is 36.5. The van der Waals surface area contributed by atoms with E-state index in [0.717, 1.165) is 0 Å². The zero-order valence-corrected chi connectivity index (χ0v) is 6.34. The average Bonchev–Trinajstić information content (AvgIpc) is 2.09. The summed E-state index contributed by atoms with van der Waals surface area (Å²) in [7, 11) is 0. The molecule has 1 aliphatic heterocycles. The van der Waals surface area contributed by atoms with E-state index in [1.807, 2.05) is 0 Å². The Hall–Kier alpha value is -0.930. The van der Waals surface area contributed by atoms with E-state index in [-0.39, 0.29) is 0 Å². The Kier molecular flexibility index (Phi) is 2.10. The van der Waals surface area contributed by atoms with Gasteiger partial charge in [0, 0.05) is 0 Å². The molecular formula is C5F8O2. The first-order valence-corrected chi connectivity index (χ1v) is 3.12. The van der Waals surface area contributed by atoms with Crippen molar-refractivity contribution in [3.63, 3.8) is 0 Å². The quantitative estimate of drug-likeness (QED) is 0.521. The van der Waals surface area contributed by atoms with Crippen molar-refractivity contribution in [3.05, 3.63) is 0 Å². The lowest BCUT2D eigenvalue weighted by Crippen LogP contribution is -2.54. The fourth-order valence-corrected chi connectivity index (χ4v) is 0.853. The van der Waals surface area contributed by atoms with Crippen LogP contribution in [0, 0.1) is 0 Å². The summed E-state index contributed by atoms with van der Waals surface area (Å²) < 4.78 is 99.6. The third-order valence-corrected chi connectivity index (χ3v) is 1.69. The molecule has 1 rings (SSSR count). The molecule has 10 heteroatoms. The fourth-order valence-electron chi connectivity index (χ4n) is 0.853. The standard InChI is InChI=1S/C5F8O2/c6-1(14)2(7)3(8,9)4(10,11)5(12,13)15-2. The summed E-state index contributed by atoms with van der Waals surface area (Å²) in [6.45, 7) is 0. The Morgan fingerprint density at radius 2 is 1.27 bits per heavy atom. The molecule has 0 N–H and O–H groups in total. The van der Waals surface area contributed by atoms with Crippen LogP contribution in [0.1, 0.15) is 0 Å². The Morgan fingerprint density at radius 1 is 0.867 bits per heavy atom. The van der Waals surface area contributed by atoms with Gasteiger partial charge in [0.1, 0.15) is 0 Å². The second kappa shape index (κ2) is 2.60. The van der Waals surface area contributed by atoms with Crippen molar-refractivity contribution in [1.29, 1.82) is 0 Å². The van der Waals surface area contributed by atoms with Gasteiger partial charge in [-0.25, -0.2) is 0 Å². The molecule has 0 aromatic heterocycles. The predicted molar refractivity (Wildman–Crippen MR) is 25.9 cm³/mol. The molecule has 0 radical (unpaired) electrons. The van der Waals surface area contributed by atoms with Gasteiger partial charge in [-0.05, 0) is 0 Å². The summed E-state index contributed by atoms with van der Waals surface area (Å²) in [5.74, 6) is -18.3. The van der Waals surface area contributed by atoms with Gasteiger partial charge in [-0.3, -0.25) is 9.53 Å². The lowest BCUT2D eigenvalue weighted by atomic mass is 10.1. The van der Waals surface area contributed by atoms with Crippen LogP contribution in [0.2, 0.25) is 0 Å². The minimum atomic E-state index is -6.32. The third kappa shape index (κ3) is 1.11. The molecule has 15 heavy (non-hydrogen) atoms. The molecule has 0 bridgehead atoms. The van der Waals surface area contributed by atoms with Crippen LogP contribution >= 0.6 is 0 Å². The molecule has 0 aromatic rings. The van der Waals surface area contributed by atoms with Gasteiger partial charge >= 0.3 is 29.8 Å². The monoisotopic (exact) mass is 244 g/mol. The summed E-state index contributed by atoms with van der Waals surface area (Å²) in [4.78, 5) is 9.65. The molecule has 0 spiro atoms. The van der Waals surface area contributed by atoms with Crippen LogP contribution in [0.3, 0.4) is 0 Å². The van der Waals surface area contributed by atoms with Crippen molar-refractivity contribution in [1.82, 2.24) is 0 Å². The zero-order chi connectivity index (χ0) is 12.3. The minimum absolute atomic E-state index is 2.20. The van der Waals surface area contributed by atoms with Crippen LogP contribution in [0.5, 0.6) is 0 Å². The van der Waals surface area contributed by atoms with Crippen molar-refractivity contribution in [3.8, 4) is 0 Å². The van der Waals surface area contributed by atoms with Crippen molar-refractivity contribution >= 4 is 6.04 Å². The van der Waals surface area contributed by atoms with Gasteiger partial charge in [0.05, 0.1) is 0 Å². The minimum Gasteiger partial charge on any atom is -0.263 e. The summed E-state index contributed by atoms with van der Waals surface area (Å²) in [5, 5.41) is 0. The molecule has 0 saturated carbocycles. The maximum absolute atomic E-state index is 12.5. The van der Waals surface area contributed by atoms with Crippen LogP contribution in [-0.2, 0) is 9.53 Å². The van der Waals surface area contributed by atoms with Gasteiger partial charge in [0.2, 0.25) is 0 Å². The fraction of sp³-hybridized carbons (Fsp3) is 0.800. The molecule has 0 aromatic carbocycles. The molecule has 1 fully saturated rings. The summed E-state index contributed by atoms with van der Waals surface area (Å²) in [5.41, 5.74) is 0. The first kappa shape index (κ1) is 12.1. The van der Waals surface area contributed by atoms with E-state index in [1.54, 1.807) is 0 Å². The highest BCUT2D eigenvalue weighted by Gasteiger charge is 2.92. The first-order chi connectivity index (χ1) is 6.40. The average molecular weight is 244 g/mol. The molecule has 0 aliphatic carbocycles. The lowest BCUT2D eigenvalue weighted by molar-refractivity contribution is -0.334. The largest absolute Gasteiger partial charge is 0.429 e. The van der Waals surface area contributed by atoms with Gasteiger partial charge in [0.15, 0.2) is 0 Å². The maximum atomic E-state index is 12.5. The van der Waals surface area contributed by atoms with E-state index < -0.39 is 29.8 Å². The Labute approximate surface area is 75.8 Å². The highest BCUT2D eigenvalue weighted by molar-refractivity contribution is 5.79. The van der Waals surface area contributed by atoms with Gasteiger partial charge in [-0.1, -0.05) is 0 Å².